The number of carbonyl (C=O) groups is 4. The predicted octanol–water partition coefficient (Wildman–Crippen LogP) is 1.78. The van der Waals surface area contributed by atoms with Crippen LogP contribution in [0.25, 0.3) is 11.1 Å². The molecule has 36 heavy (non-hydrogen) atoms. The van der Waals surface area contributed by atoms with Gasteiger partial charge in [0.2, 0.25) is 0 Å². The normalized spacial score (nSPS) is 15.1. The molecule has 1 aliphatic rings. The van der Waals surface area contributed by atoms with E-state index in [4.69, 9.17) is 16.7 Å². The van der Waals surface area contributed by atoms with E-state index in [1.54, 1.807) is 6.07 Å². The van der Waals surface area contributed by atoms with Crippen molar-refractivity contribution in [2.75, 3.05) is 33.3 Å². The predicted molar refractivity (Wildman–Crippen MR) is 131 cm³/mol. The lowest BCUT2D eigenvalue weighted by atomic mass is 9.97. The number of aliphatic hydroxyl groups excluding tert-OH is 1. The summed E-state index contributed by atoms with van der Waals surface area (Å²) >= 11 is 6.06. The second-order valence-corrected chi connectivity index (χ2v) is 8.86. The van der Waals surface area contributed by atoms with Gasteiger partial charge in [-0.1, -0.05) is 48.0 Å². The largest absolute Gasteiger partial charge is 0.479 e. The molecule has 1 saturated heterocycles. The van der Waals surface area contributed by atoms with Crippen LogP contribution < -0.4 is 5.32 Å². The van der Waals surface area contributed by atoms with Crippen LogP contribution in [0.3, 0.4) is 0 Å². The van der Waals surface area contributed by atoms with Gasteiger partial charge in [-0.05, 0) is 35.2 Å². The molecule has 0 aliphatic carbocycles. The maximum Gasteiger partial charge on any atom is 0.409 e. The van der Waals surface area contributed by atoms with Gasteiger partial charge in [-0.25, -0.2) is 9.59 Å². The van der Waals surface area contributed by atoms with Crippen molar-refractivity contribution in [1.29, 1.82) is 0 Å². The molecule has 3 amide bonds. The fourth-order valence-corrected chi connectivity index (χ4v) is 4.15. The van der Waals surface area contributed by atoms with Crippen molar-refractivity contribution in [3.63, 3.8) is 0 Å². The number of carboxylic acid groups (broad SMARTS) is 1. The Bertz CT molecular complexity index is 1100. The third-order valence-corrected chi connectivity index (χ3v) is 6.15. The first-order chi connectivity index (χ1) is 17.2. The Kier molecular flexibility index (Phi) is 9.26. The quantitative estimate of drug-likeness (QED) is 0.476. The number of carboxylic acids is 1. The van der Waals surface area contributed by atoms with Crippen LogP contribution in [0, 0.1) is 0 Å². The summed E-state index contributed by atoms with van der Waals surface area (Å²) in [5.74, 6) is -3.11. The van der Waals surface area contributed by atoms with Crippen LogP contribution in [0.15, 0.2) is 48.5 Å². The van der Waals surface area contributed by atoms with Gasteiger partial charge in [-0.15, -0.1) is 0 Å². The highest BCUT2D eigenvalue weighted by Gasteiger charge is 2.30. The number of amides is 3. The second-order valence-electron chi connectivity index (χ2n) is 8.42. The van der Waals surface area contributed by atoms with Gasteiger partial charge < -0.3 is 30.1 Å². The van der Waals surface area contributed by atoms with Gasteiger partial charge in [0.1, 0.15) is 0 Å². The number of nitrogens with zero attached hydrogens (tertiary/aromatic N) is 2. The number of carbonyl (C=O) groups excluding carboxylic acids is 3. The highest BCUT2D eigenvalue weighted by atomic mass is 35.5. The summed E-state index contributed by atoms with van der Waals surface area (Å²) < 4.78 is 4.66. The Morgan fingerprint density at radius 2 is 1.64 bits per heavy atom. The van der Waals surface area contributed by atoms with Crippen LogP contribution in [0.1, 0.15) is 12.0 Å². The molecule has 0 aromatic heterocycles. The Balaban J connectivity index is 1.66. The number of aliphatic carboxylic acids is 1. The van der Waals surface area contributed by atoms with Gasteiger partial charge in [0.25, 0.3) is 0 Å². The molecule has 0 radical (unpaired) electrons. The zero-order chi connectivity index (χ0) is 26.2. The van der Waals surface area contributed by atoms with Gasteiger partial charge in [0.15, 0.2) is 6.10 Å². The van der Waals surface area contributed by atoms with Crippen molar-refractivity contribution in [3.8, 4) is 11.1 Å². The molecule has 2 atom stereocenters. The summed E-state index contributed by atoms with van der Waals surface area (Å²) in [5.41, 5.74) is 2.63. The summed E-state index contributed by atoms with van der Waals surface area (Å²) in [6.45, 7) is 0.779. The summed E-state index contributed by atoms with van der Waals surface area (Å²) in [6, 6.07) is 14.0. The van der Waals surface area contributed by atoms with Crippen molar-refractivity contribution >= 4 is 35.5 Å². The Morgan fingerprint density at radius 1 is 1.00 bits per heavy atom. The lowest BCUT2D eigenvalue weighted by Crippen LogP contribution is -2.55. The van der Waals surface area contributed by atoms with Crippen LogP contribution in [0.4, 0.5) is 4.79 Å². The third kappa shape index (κ3) is 7.19. The zero-order valence-corrected chi connectivity index (χ0v) is 20.5. The fraction of sp³-hybridized carbons (Fsp3) is 0.360. The lowest BCUT2D eigenvalue weighted by molar-refractivity contribution is -0.149. The van der Waals surface area contributed by atoms with Crippen LogP contribution in [0.2, 0.25) is 5.02 Å². The van der Waals surface area contributed by atoms with E-state index in [0.29, 0.717) is 5.02 Å². The first kappa shape index (κ1) is 27.0. The lowest BCUT2D eigenvalue weighted by Gasteiger charge is -2.33. The molecule has 11 heteroatoms. The van der Waals surface area contributed by atoms with E-state index in [0.717, 1.165) is 16.7 Å². The van der Waals surface area contributed by atoms with Crippen molar-refractivity contribution in [1.82, 2.24) is 15.1 Å². The minimum atomic E-state index is -1.71. The average Bonchev–Trinajstić information content (AvgIpc) is 2.88. The summed E-state index contributed by atoms with van der Waals surface area (Å²) in [7, 11) is 1.27. The minimum Gasteiger partial charge on any atom is -0.479 e. The van der Waals surface area contributed by atoms with Crippen LogP contribution >= 0.6 is 11.6 Å². The first-order valence-corrected chi connectivity index (χ1v) is 11.7. The van der Waals surface area contributed by atoms with Gasteiger partial charge in [-0.3, -0.25) is 9.59 Å². The monoisotopic (exact) mass is 517 g/mol. The van der Waals surface area contributed by atoms with Crippen LogP contribution in [-0.2, 0) is 25.5 Å². The van der Waals surface area contributed by atoms with Crippen molar-refractivity contribution in [2.45, 2.75) is 25.0 Å². The van der Waals surface area contributed by atoms with Crippen LogP contribution in [0.5, 0.6) is 0 Å². The van der Waals surface area contributed by atoms with Crippen molar-refractivity contribution in [3.05, 3.63) is 59.1 Å². The molecule has 192 valence electrons. The Hall–Kier alpha value is -3.63. The molecular weight excluding hydrogens is 490 g/mol. The van der Waals surface area contributed by atoms with Gasteiger partial charge in [0, 0.05) is 43.7 Å². The maximum absolute atomic E-state index is 12.7. The minimum absolute atomic E-state index is 0.161. The number of halogens is 1. The van der Waals surface area contributed by atoms with Crippen LogP contribution in [-0.4, -0.2) is 89.3 Å². The van der Waals surface area contributed by atoms with Crippen molar-refractivity contribution < 1.29 is 34.1 Å². The number of ether oxygens (including phenoxy) is 1. The van der Waals surface area contributed by atoms with E-state index in [1.165, 1.54) is 16.9 Å². The topological polar surface area (TPSA) is 136 Å². The number of benzene rings is 2. The number of piperazine rings is 1. The molecule has 0 saturated carbocycles. The standard InChI is InChI=1S/C25H28ClN3O7/c1-36-25(35)29-11-9-28(10-12-29)23(32)22(31)27-20(15-21(30)24(33)34)13-16-5-7-17(8-6-16)18-3-2-4-19(26)14-18/h2-8,14,20-21,30H,9-13,15H2,1H3,(H,27,31)(H,33,34)/t20-,21-/m1/s1. The summed E-state index contributed by atoms with van der Waals surface area (Å²) in [4.78, 5) is 50.9. The van der Waals surface area contributed by atoms with E-state index in [2.05, 4.69) is 10.1 Å². The molecule has 2 aromatic carbocycles. The number of hydrogen-bond donors (Lipinski definition) is 3. The molecule has 1 aliphatic heterocycles. The highest BCUT2D eigenvalue weighted by molar-refractivity contribution is 6.35. The number of nitrogens with one attached hydrogen (secondary N) is 1. The number of methoxy groups -OCH3 is 1. The highest BCUT2D eigenvalue weighted by Crippen LogP contribution is 2.23. The number of aliphatic hydroxyl groups is 1. The fourth-order valence-electron chi connectivity index (χ4n) is 3.96. The Labute approximate surface area is 213 Å². The van der Waals surface area contributed by atoms with Gasteiger partial charge in [0.05, 0.1) is 7.11 Å². The smallest absolute Gasteiger partial charge is 0.409 e. The molecule has 10 nitrogen and oxygen atoms in total. The molecule has 0 bridgehead atoms. The average molecular weight is 518 g/mol. The molecule has 1 heterocycles. The van der Waals surface area contributed by atoms with E-state index in [-0.39, 0.29) is 39.0 Å². The third-order valence-electron chi connectivity index (χ3n) is 5.92. The number of hydrogen-bond acceptors (Lipinski definition) is 6. The molecule has 1 fully saturated rings. The van der Waals surface area contributed by atoms with Gasteiger partial charge >= 0.3 is 23.9 Å². The molecule has 3 N–H and O–H groups in total. The molecule has 0 spiro atoms. The molecular formula is C25H28ClN3O7. The van der Waals surface area contributed by atoms with Gasteiger partial charge in [-0.2, -0.15) is 0 Å². The maximum atomic E-state index is 12.7. The SMILES string of the molecule is COC(=O)N1CCN(C(=O)C(=O)N[C@H](Cc2ccc(-c3cccc(Cl)c3)cc2)C[C@@H](O)C(=O)O)CC1. The molecule has 3 rings (SSSR count). The van der Waals surface area contributed by atoms with E-state index in [9.17, 15) is 24.3 Å². The summed E-state index contributed by atoms with van der Waals surface area (Å²) in [6.07, 6.45) is -2.29. The zero-order valence-electron chi connectivity index (χ0n) is 19.7. The number of rotatable bonds is 7. The molecule has 0 unspecified atom stereocenters. The first-order valence-electron chi connectivity index (χ1n) is 11.4. The van der Waals surface area contributed by atoms with E-state index in [1.807, 2.05) is 42.5 Å². The van der Waals surface area contributed by atoms with E-state index < -0.39 is 36.0 Å². The second kappa shape index (κ2) is 12.4. The summed E-state index contributed by atoms with van der Waals surface area (Å²) in [5, 5.41) is 22.2. The molecule has 2 aromatic rings. The van der Waals surface area contributed by atoms with Crippen molar-refractivity contribution in [2.24, 2.45) is 0 Å². The van der Waals surface area contributed by atoms with E-state index >= 15 is 0 Å². The Morgan fingerprint density at radius 3 is 2.22 bits per heavy atom.